The number of rotatable bonds is 5. The predicted molar refractivity (Wildman–Crippen MR) is 111 cm³/mol. The minimum atomic E-state index is -3.40. The highest BCUT2D eigenvalue weighted by atomic mass is 35.5. The van der Waals surface area contributed by atoms with Crippen LogP contribution in [0.3, 0.4) is 0 Å². The Morgan fingerprint density at radius 1 is 1.34 bits per heavy atom. The maximum absolute atomic E-state index is 12.7. The van der Waals surface area contributed by atoms with Gasteiger partial charge in [0.25, 0.3) is 11.6 Å². The molecule has 0 aliphatic rings. The summed E-state index contributed by atoms with van der Waals surface area (Å²) >= 11 is 7.14. The van der Waals surface area contributed by atoms with Crippen molar-refractivity contribution in [2.45, 2.75) is 11.4 Å². The van der Waals surface area contributed by atoms with Crippen LogP contribution < -0.4 is 4.80 Å². The van der Waals surface area contributed by atoms with Gasteiger partial charge in [-0.2, -0.15) is 4.99 Å². The maximum atomic E-state index is 12.7. The summed E-state index contributed by atoms with van der Waals surface area (Å²) in [4.78, 5) is 27.5. The summed E-state index contributed by atoms with van der Waals surface area (Å²) in [6.07, 6.45) is 2.72. The lowest BCUT2D eigenvalue weighted by Gasteiger charge is -2.03. The number of nitrogens with zero attached hydrogens (tertiary/aromatic N) is 3. The summed E-state index contributed by atoms with van der Waals surface area (Å²) in [6.45, 7) is 4.01. The van der Waals surface area contributed by atoms with Gasteiger partial charge in [-0.1, -0.05) is 29.0 Å². The highest BCUT2D eigenvalue weighted by Crippen LogP contribution is 2.24. The zero-order valence-electron chi connectivity index (χ0n) is 15.0. The first-order valence-corrected chi connectivity index (χ1v) is 11.2. The van der Waals surface area contributed by atoms with Crippen LogP contribution in [-0.4, -0.2) is 30.1 Å². The number of benzene rings is 2. The molecule has 8 nitrogen and oxygen atoms in total. The number of sulfone groups is 1. The third kappa shape index (κ3) is 4.29. The van der Waals surface area contributed by atoms with Crippen molar-refractivity contribution in [1.29, 1.82) is 0 Å². The molecule has 1 amide bonds. The molecule has 3 rings (SSSR count). The van der Waals surface area contributed by atoms with Gasteiger partial charge in [-0.05, 0) is 24.3 Å². The number of amides is 1. The molecule has 29 heavy (non-hydrogen) atoms. The molecule has 0 aliphatic heterocycles. The van der Waals surface area contributed by atoms with E-state index >= 15 is 0 Å². The molecular weight excluding hydrogens is 438 g/mol. The summed E-state index contributed by atoms with van der Waals surface area (Å²) in [5.74, 6) is -0.744. The normalized spacial score (nSPS) is 12.3. The van der Waals surface area contributed by atoms with Crippen LogP contribution in [0.2, 0.25) is 5.02 Å². The Bertz CT molecular complexity index is 1340. The average molecular weight is 452 g/mol. The molecule has 1 heterocycles. The minimum Gasteiger partial charge on any atom is -0.312 e. The number of halogens is 1. The van der Waals surface area contributed by atoms with Crippen molar-refractivity contribution in [1.82, 2.24) is 4.57 Å². The molecule has 0 saturated carbocycles. The van der Waals surface area contributed by atoms with E-state index < -0.39 is 20.7 Å². The Balaban J connectivity index is 2.20. The molecule has 1 aromatic heterocycles. The first-order valence-electron chi connectivity index (χ1n) is 8.09. The number of carbonyl (C=O) groups excluding carboxylic acids is 1. The van der Waals surface area contributed by atoms with E-state index in [-0.39, 0.29) is 26.0 Å². The van der Waals surface area contributed by atoms with Crippen LogP contribution in [-0.2, 0) is 16.4 Å². The fraction of sp³-hybridized carbons (Fsp3) is 0.111. The number of hydrogen-bond acceptors (Lipinski definition) is 6. The van der Waals surface area contributed by atoms with Crippen molar-refractivity contribution in [3.8, 4) is 0 Å². The van der Waals surface area contributed by atoms with Gasteiger partial charge in [0.1, 0.15) is 0 Å². The third-order valence-electron chi connectivity index (χ3n) is 3.98. The van der Waals surface area contributed by atoms with Gasteiger partial charge in [-0.3, -0.25) is 14.9 Å². The molecule has 11 heteroatoms. The van der Waals surface area contributed by atoms with E-state index in [9.17, 15) is 23.3 Å². The van der Waals surface area contributed by atoms with Gasteiger partial charge in [0, 0.05) is 24.9 Å². The number of aromatic nitrogens is 1. The number of nitro benzene ring substituents is 1. The van der Waals surface area contributed by atoms with Crippen LogP contribution >= 0.6 is 22.9 Å². The van der Waals surface area contributed by atoms with Crippen LogP contribution in [0.15, 0.2) is 58.9 Å². The first kappa shape index (κ1) is 20.9. The number of fused-ring (bicyclic) bond motifs is 1. The second-order valence-electron chi connectivity index (χ2n) is 6.02. The SMILES string of the molecule is C=CCn1c(=NC(=O)c2cc([N+](=O)[O-])ccc2Cl)sc2cc(S(C)(=O)=O)ccc21. The predicted octanol–water partition coefficient (Wildman–Crippen LogP) is 3.60. The van der Waals surface area contributed by atoms with Crippen molar-refractivity contribution in [3.05, 3.63) is 74.6 Å². The van der Waals surface area contributed by atoms with Crippen LogP contribution in [0.5, 0.6) is 0 Å². The Labute approximate surface area is 174 Å². The van der Waals surface area contributed by atoms with E-state index in [0.717, 1.165) is 23.7 Å². The molecule has 150 valence electrons. The lowest BCUT2D eigenvalue weighted by Crippen LogP contribution is -2.16. The van der Waals surface area contributed by atoms with Crippen LogP contribution in [0, 0.1) is 10.1 Å². The van der Waals surface area contributed by atoms with Gasteiger partial charge in [-0.25, -0.2) is 8.42 Å². The van der Waals surface area contributed by atoms with Gasteiger partial charge < -0.3 is 4.57 Å². The molecule has 3 aromatic rings. The Hall–Kier alpha value is -2.82. The molecule has 0 aliphatic carbocycles. The largest absolute Gasteiger partial charge is 0.312 e. The van der Waals surface area contributed by atoms with E-state index in [1.54, 1.807) is 16.7 Å². The highest BCUT2D eigenvalue weighted by Gasteiger charge is 2.17. The summed E-state index contributed by atoms with van der Waals surface area (Å²) in [7, 11) is -3.40. The number of nitro groups is 1. The van der Waals surface area contributed by atoms with Crippen LogP contribution in [0.1, 0.15) is 10.4 Å². The second kappa shape index (κ2) is 7.90. The minimum absolute atomic E-state index is 0.0418. The molecule has 0 saturated heterocycles. The van der Waals surface area contributed by atoms with Crippen molar-refractivity contribution < 1.29 is 18.1 Å². The standard InChI is InChI=1S/C18H14ClN3O5S2/c1-3-8-21-15-7-5-12(29(2,26)27)10-16(15)28-18(21)20-17(23)13-9-11(22(24)25)4-6-14(13)19/h3-7,9-10H,1,8H2,2H3. The number of non-ortho nitro benzene ring substituents is 1. The quantitative estimate of drug-likeness (QED) is 0.334. The van der Waals surface area contributed by atoms with Gasteiger partial charge >= 0.3 is 0 Å². The lowest BCUT2D eigenvalue weighted by molar-refractivity contribution is -0.384. The van der Waals surface area contributed by atoms with E-state index in [2.05, 4.69) is 11.6 Å². The second-order valence-corrected chi connectivity index (χ2v) is 9.46. The molecule has 0 spiro atoms. The van der Waals surface area contributed by atoms with Crippen molar-refractivity contribution in [2.24, 2.45) is 4.99 Å². The number of allylic oxidation sites excluding steroid dienone is 1. The van der Waals surface area contributed by atoms with E-state index in [1.807, 2.05) is 0 Å². The fourth-order valence-electron chi connectivity index (χ4n) is 2.61. The van der Waals surface area contributed by atoms with E-state index in [1.165, 1.54) is 24.3 Å². The van der Waals surface area contributed by atoms with E-state index in [0.29, 0.717) is 16.8 Å². The van der Waals surface area contributed by atoms with Crippen LogP contribution in [0.25, 0.3) is 10.2 Å². The van der Waals surface area contributed by atoms with Crippen LogP contribution in [0.4, 0.5) is 5.69 Å². The number of carbonyl (C=O) groups is 1. The molecule has 0 bridgehead atoms. The highest BCUT2D eigenvalue weighted by molar-refractivity contribution is 7.90. The van der Waals surface area contributed by atoms with Crippen molar-refractivity contribution in [3.63, 3.8) is 0 Å². The monoisotopic (exact) mass is 451 g/mol. The summed E-state index contributed by atoms with van der Waals surface area (Å²) < 4.78 is 25.9. The fourth-order valence-corrected chi connectivity index (χ4v) is 4.61. The zero-order valence-corrected chi connectivity index (χ0v) is 17.4. The van der Waals surface area contributed by atoms with Gasteiger partial charge in [0.15, 0.2) is 14.6 Å². The maximum Gasteiger partial charge on any atom is 0.281 e. The zero-order chi connectivity index (χ0) is 21.3. The Morgan fingerprint density at radius 2 is 2.07 bits per heavy atom. The summed E-state index contributed by atoms with van der Waals surface area (Å²) in [6, 6.07) is 8.16. The van der Waals surface area contributed by atoms with Gasteiger partial charge in [-0.15, -0.1) is 6.58 Å². The van der Waals surface area contributed by atoms with Crippen molar-refractivity contribution in [2.75, 3.05) is 6.26 Å². The Morgan fingerprint density at radius 3 is 2.69 bits per heavy atom. The first-order chi connectivity index (χ1) is 13.6. The lowest BCUT2D eigenvalue weighted by atomic mass is 10.2. The number of thiazole rings is 1. The molecule has 0 radical (unpaired) electrons. The topological polar surface area (TPSA) is 112 Å². The summed E-state index contributed by atoms with van der Waals surface area (Å²) in [5.41, 5.74) is 0.306. The average Bonchev–Trinajstić information content (AvgIpc) is 2.98. The third-order valence-corrected chi connectivity index (χ3v) is 6.46. The molecule has 0 N–H and O–H groups in total. The molecular formula is C18H14ClN3O5S2. The molecule has 2 aromatic carbocycles. The van der Waals surface area contributed by atoms with Crippen molar-refractivity contribution >= 4 is 54.6 Å². The molecule has 0 atom stereocenters. The molecule has 0 fully saturated rings. The Kier molecular flexibility index (Phi) is 5.69. The smallest absolute Gasteiger partial charge is 0.281 e. The van der Waals surface area contributed by atoms with Gasteiger partial charge in [0.2, 0.25) is 0 Å². The van der Waals surface area contributed by atoms with E-state index in [4.69, 9.17) is 11.6 Å². The van der Waals surface area contributed by atoms with Gasteiger partial charge in [0.05, 0.1) is 30.6 Å². The molecule has 0 unspecified atom stereocenters. The summed E-state index contributed by atoms with van der Waals surface area (Å²) in [5, 5.41) is 11.0. The number of hydrogen-bond donors (Lipinski definition) is 0.